The van der Waals surface area contributed by atoms with Crippen LogP contribution in [0.4, 0.5) is 0 Å². The second-order valence-corrected chi connectivity index (χ2v) is 7.02. The molecule has 0 unspecified atom stereocenters. The Kier molecular flexibility index (Phi) is 7.58. The van der Waals surface area contributed by atoms with Crippen molar-refractivity contribution in [3.8, 4) is 0 Å². The summed E-state index contributed by atoms with van der Waals surface area (Å²) in [6.45, 7) is 0.901. The van der Waals surface area contributed by atoms with Gasteiger partial charge in [0.25, 0.3) is 5.91 Å². The van der Waals surface area contributed by atoms with E-state index < -0.39 is 30.6 Å². The number of Topliss-reactive ketones (excluding diaryl/α,β-unsaturated/α-hetero) is 1. The molecule has 0 saturated carbocycles. The molecule has 0 bridgehead atoms. The Bertz CT molecular complexity index is 993. The van der Waals surface area contributed by atoms with Crippen molar-refractivity contribution < 1.29 is 19.1 Å². The zero-order valence-corrected chi connectivity index (χ0v) is 17.0. The molecule has 31 heavy (non-hydrogen) atoms. The van der Waals surface area contributed by atoms with Gasteiger partial charge in [0.2, 0.25) is 0 Å². The molecule has 3 rings (SSSR count). The number of amides is 1. The van der Waals surface area contributed by atoms with Gasteiger partial charge in [0.15, 0.2) is 18.4 Å². The van der Waals surface area contributed by atoms with Crippen LogP contribution in [0.15, 0.2) is 67.0 Å². The zero-order valence-electron chi connectivity index (χ0n) is 17.0. The van der Waals surface area contributed by atoms with E-state index in [4.69, 9.17) is 4.74 Å². The lowest BCUT2D eigenvalue weighted by Gasteiger charge is -2.18. The molecule has 1 heterocycles. The van der Waals surface area contributed by atoms with Gasteiger partial charge in [-0.15, -0.1) is 5.10 Å². The molecule has 9 nitrogen and oxygen atoms in total. The fourth-order valence-electron chi connectivity index (χ4n) is 3.05. The number of carbonyl (C=O) groups excluding carboxylic acids is 3. The van der Waals surface area contributed by atoms with Crippen molar-refractivity contribution in [2.45, 2.75) is 31.8 Å². The Morgan fingerprint density at radius 2 is 1.58 bits per heavy atom. The Morgan fingerprint density at radius 1 is 0.968 bits per heavy atom. The fourth-order valence-corrected chi connectivity index (χ4v) is 3.05. The monoisotopic (exact) mass is 421 g/mol. The highest BCUT2D eigenvalue weighted by Crippen LogP contribution is 2.15. The molecular formula is C22H23N5O4. The third-order valence-corrected chi connectivity index (χ3v) is 4.68. The van der Waals surface area contributed by atoms with Crippen LogP contribution in [-0.4, -0.2) is 50.5 Å². The first-order valence-electron chi connectivity index (χ1n) is 9.79. The van der Waals surface area contributed by atoms with Crippen molar-refractivity contribution >= 4 is 17.7 Å². The summed E-state index contributed by atoms with van der Waals surface area (Å²) in [7, 11) is 0. The number of hydrogen-bond donors (Lipinski definition) is 1. The molecule has 2 aromatic carbocycles. The summed E-state index contributed by atoms with van der Waals surface area (Å²) < 4.78 is 6.51. The molecule has 1 amide bonds. The van der Waals surface area contributed by atoms with Gasteiger partial charge in [-0.05, 0) is 34.9 Å². The summed E-state index contributed by atoms with van der Waals surface area (Å²) in [5, 5.41) is 13.6. The van der Waals surface area contributed by atoms with Crippen LogP contribution in [0.5, 0.6) is 0 Å². The van der Waals surface area contributed by atoms with E-state index in [-0.39, 0.29) is 5.78 Å². The Balaban J connectivity index is 1.59. The molecule has 0 radical (unpaired) electrons. The van der Waals surface area contributed by atoms with Gasteiger partial charge >= 0.3 is 5.97 Å². The summed E-state index contributed by atoms with van der Waals surface area (Å²) >= 11 is 0. The van der Waals surface area contributed by atoms with Crippen molar-refractivity contribution in [2.75, 3.05) is 6.61 Å². The van der Waals surface area contributed by atoms with Gasteiger partial charge in [-0.2, -0.15) is 0 Å². The molecule has 3 aromatic rings. The number of hydrogen-bond acceptors (Lipinski definition) is 7. The maximum atomic E-state index is 12.7. The number of nitrogens with one attached hydrogen (secondary N) is 1. The third kappa shape index (κ3) is 6.56. The highest BCUT2D eigenvalue weighted by Gasteiger charge is 2.25. The third-order valence-electron chi connectivity index (χ3n) is 4.68. The second kappa shape index (κ2) is 10.8. The largest absolute Gasteiger partial charge is 0.454 e. The van der Waals surface area contributed by atoms with Gasteiger partial charge < -0.3 is 10.1 Å². The van der Waals surface area contributed by atoms with Crippen molar-refractivity contribution in [2.24, 2.45) is 0 Å². The average Bonchev–Trinajstić information content (AvgIpc) is 3.31. The van der Waals surface area contributed by atoms with Gasteiger partial charge in [0.05, 0.1) is 6.04 Å². The zero-order chi connectivity index (χ0) is 22.1. The average molecular weight is 421 g/mol. The number of tetrazole rings is 1. The van der Waals surface area contributed by atoms with E-state index in [1.54, 1.807) is 0 Å². The predicted octanol–water partition coefficient (Wildman–Crippen LogP) is 1.32. The van der Waals surface area contributed by atoms with Crippen molar-refractivity contribution in [3.63, 3.8) is 0 Å². The van der Waals surface area contributed by atoms with Gasteiger partial charge in [0.1, 0.15) is 6.33 Å². The number of benzene rings is 2. The normalized spacial score (nSPS) is 12.5. The number of rotatable bonds is 10. The van der Waals surface area contributed by atoms with E-state index in [0.717, 1.165) is 11.1 Å². The standard InChI is InChI=1S/C22H23N5O4/c1-16(28)19(12-17-8-4-2-5-9-17)24-21(29)14-31-22(30)20(27-15-23-25-26-27)13-18-10-6-3-7-11-18/h2-11,15,19-20H,12-14H2,1H3,(H,24,29)/t19-,20+/m1/s1. The van der Waals surface area contributed by atoms with Crippen LogP contribution in [0.25, 0.3) is 0 Å². The molecular weight excluding hydrogens is 398 g/mol. The number of carbonyl (C=O) groups is 3. The lowest BCUT2D eigenvalue weighted by Crippen LogP contribution is -2.43. The van der Waals surface area contributed by atoms with Crippen LogP contribution in [0.3, 0.4) is 0 Å². The van der Waals surface area contributed by atoms with Crippen molar-refractivity contribution in [3.05, 3.63) is 78.1 Å². The summed E-state index contributed by atoms with van der Waals surface area (Å²) in [5.41, 5.74) is 1.81. The smallest absolute Gasteiger partial charge is 0.331 e. The number of nitrogens with zero attached hydrogens (tertiary/aromatic N) is 4. The molecule has 0 aliphatic carbocycles. The summed E-state index contributed by atoms with van der Waals surface area (Å²) in [4.78, 5) is 36.9. The van der Waals surface area contributed by atoms with Crippen LogP contribution in [0.2, 0.25) is 0 Å². The molecule has 0 saturated heterocycles. The van der Waals surface area contributed by atoms with Gasteiger partial charge in [-0.1, -0.05) is 60.7 Å². The fraction of sp³-hybridized carbons (Fsp3) is 0.273. The Labute approximate surface area is 179 Å². The Hall–Kier alpha value is -3.88. The summed E-state index contributed by atoms with van der Waals surface area (Å²) in [6, 6.07) is 17.2. The van der Waals surface area contributed by atoms with Gasteiger partial charge in [0, 0.05) is 6.42 Å². The molecule has 0 fully saturated rings. The minimum Gasteiger partial charge on any atom is -0.454 e. The first-order valence-corrected chi connectivity index (χ1v) is 9.79. The molecule has 1 N–H and O–H groups in total. The first kappa shape index (κ1) is 21.8. The summed E-state index contributed by atoms with van der Waals surface area (Å²) in [5.74, 6) is -1.38. The summed E-state index contributed by atoms with van der Waals surface area (Å²) in [6.07, 6.45) is 1.98. The van der Waals surface area contributed by atoms with E-state index in [1.165, 1.54) is 17.9 Å². The second-order valence-electron chi connectivity index (χ2n) is 7.02. The minimum atomic E-state index is -0.821. The molecule has 1 aromatic heterocycles. The SMILES string of the molecule is CC(=O)[C@@H](Cc1ccccc1)NC(=O)COC(=O)[C@H](Cc1ccccc1)n1cnnn1. The maximum Gasteiger partial charge on any atom is 0.331 e. The van der Waals surface area contributed by atoms with E-state index in [9.17, 15) is 14.4 Å². The number of esters is 1. The predicted molar refractivity (Wildman–Crippen MR) is 111 cm³/mol. The lowest BCUT2D eigenvalue weighted by molar-refractivity contribution is -0.152. The molecule has 2 atom stereocenters. The maximum absolute atomic E-state index is 12.7. The highest BCUT2D eigenvalue weighted by atomic mass is 16.5. The molecule has 0 aliphatic rings. The number of ether oxygens (including phenoxy) is 1. The van der Waals surface area contributed by atoms with Crippen LogP contribution in [0, 0.1) is 0 Å². The quantitative estimate of drug-likeness (QED) is 0.491. The van der Waals surface area contributed by atoms with Crippen LogP contribution >= 0.6 is 0 Å². The van der Waals surface area contributed by atoms with Gasteiger partial charge in [-0.25, -0.2) is 9.48 Å². The molecule has 0 spiro atoms. The van der Waals surface area contributed by atoms with E-state index >= 15 is 0 Å². The highest BCUT2D eigenvalue weighted by molar-refractivity contribution is 5.89. The van der Waals surface area contributed by atoms with Crippen LogP contribution < -0.4 is 5.32 Å². The van der Waals surface area contributed by atoms with Crippen LogP contribution in [0.1, 0.15) is 24.1 Å². The molecule has 9 heteroatoms. The number of aromatic nitrogens is 4. The van der Waals surface area contributed by atoms with E-state index in [1.807, 2.05) is 60.7 Å². The first-order chi connectivity index (χ1) is 15.0. The minimum absolute atomic E-state index is 0.181. The Morgan fingerprint density at radius 3 is 2.13 bits per heavy atom. The molecule has 0 aliphatic heterocycles. The van der Waals surface area contributed by atoms with Gasteiger partial charge in [-0.3, -0.25) is 9.59 Å². The lowest BCUT2D eigenvalue weighted by atomic mass is 10.0. The number of ketones is 1. The van der Waals surface area contributed by atoms with Crippen molar-refractivity contribution in [1.82, 2.24) is 25.5 Å². The van der Waals surface area contributed by atoms with E-state index in [2.05, 4.69) is 20.8 Å². The van der Waals surface area contributed by atoms with Crippen LogP contribution in [-0.2, 0) is 32.0 Å². The molecule has 160 valence electrons. The topological polar surface area (TPSA) is 116 Å². The van der Waals surface area contributed by atoms with E-state index in [0.29, 0.717) is 12.8 Å². The van der Waals surface area contributed by atoms with Crippen molar-refractivity contribution in [1.29, 1.82) is 0 Å².